The molecule has 2 saturated heterocycles. The van der Waals surface area contributed by atoms with E-state index in [0.29, 0.717) is 0 Å². The molecule has 1 amide bonds. The minimum absolute atomic E-state index is 0.160. The topological polar surface area (TPSA) is 44.8 Å². The number of piperazine rings is 1. The number of piperidine rings is 1. The van der Waals surface area contributed by atoms with E-state index in [4.69, 9.17) is 4.74 Å². The van der Waals surface area contributed by atoms with E-state index in [0.717, 1.165) is 58.5 Å². The van der Waals surface area contributed by atoms with Gasteiger partial charge < -0.3 is 15.0 Å². The summed E-state index contributed by atoms with van der Waals surface area (Å²) in [6.07, 6.45) is 3.12. The van der Waals surface area contributed by atoms with Crippen molar-refractivity contribution in [1.29, 1.82) is 0 Å². The molecule has 0 aromatic heterocycles. The van der Waals surface area contributed by atoms with Gasteiger partial charge in [-0.05, 0) is 40.0 Å². The lowest BCUT2D eigenvalue weighted by Gasteiger charge is -2.50. The van der Waals surface area contributed by atoms with Gasteiger partial charge in [-0.15, -0.1) is 0 Å². The summed E-state index contributed by atoms with van der Waals surface area (Å²) in [6.45, 7) is 14.1. The Morgan fingerprint density at radius 2 is 1.71 bits per heavy atom. The Balaban J connectivity index is 1.92. The summed E-state index contributed by atoms with van der Waals surface area (Å²) < 4.78 is 5.49. The van der Waals surface area contributed by atoms with Gasteiger partial charge in [0.05, 0.1) is 0 Å². The van der Waals surface area contributed by atoms with Crippen LogP contribution in [0.3, 0.4) is 0 Å². The molecule has 2 fully saturated rings. The first-order valence-corrected chi connectivity index (χ1v) is 8.30. The van der Waals surface area contributed by atoms with Crippen molar-refractivity contribution in [2.45, 2.75) is 58.1 Å². The second-order valence-corrected chi connectivity index (χ2v) is 7.28. The van der Waals surface area contributed by atoms with E-state index in [9.17, 15) is 4.79 Å². The van der Waals surface area contributed by atoms with E-state index in [2.05, 4.69) is 17.1 Å². The maximum absolute atomic E-state index is 12.2. The van der Waals surface area contributed by atoms with E-state index >= 15 is 0 Å². The van der Waals surface area contributed by atoms with Crippen molar-refractivity contribution >= 4 is 6.09 Å². The quantitative estimate of drug-likeness (QED) is 0.847. The summed E-state index contributed by atoms with van der Waals surface area (Å²) in [5.41, 5.74) is -0.129. The fourth-order valence-corrected chi connectivity index (χ4v) is 3.46. The van der Waals surface area contributed by atoms with Crippen LogP contribution in [-0.4, -0.2) is 66.3 Å². The highest BCUT2D eigenvalue weighted by atomic mass is 16.6. The van der Waals surface area contributed by atoms with Crippen LogP contribution in [-0.2, 0) is 4.74 Å². The fourth-order valence-electron chi connectivity index (χ4n) is 3.46. The summed E-state index contributed by atoms with van der Waals surface area (Å²) in [4.78, 5) is 16.7. The number of nitrogens with one attached hydrogen (secondary N) is 1. The maximum Gasteiger partial charge on any atom is 0.410 e. The van der Waals surface area contributed by atoms with Crippen LogP contribution in [0.15, 0.2) is 0 Å². The Bertz CT molecular complexity index is 351. The fraction of sp³-hybridized carbons (Fsp3) is 0.938. The number of amides is 1. The lowest BCUT2D eigenvalue weighted by molar-refractivity contribution is -0.0122. The number of likely N-dealkylation sites (tertiary alicyclic amines) is 1. The molecule has 0 unspecified atom stereocenters. The molecule has 0 aliphatic carbocycles. The molecule has 5 nitrogen and oxygen atoms in total. The standard InChI is InChI=1S/C16H31N3O2/c1-5-16(19-12-8-17-9-13-19)6-10-18(11-7-16)14(20)21-15(2,3)4/h17H,5-13H2,1-4H3. The van der Waals surface area contributed by atoms with Crippen LogP contribution in [0.1, 0.15) is 47.0 Å². The molecule has 21 heavy (non-hydrogen) atoms. The van der Waals surface area contributed by atoms with E-state index in [-0.39, 0.29) is 11.6 Å². The molecule has 2 rings (SSSR count). The average molecular weight is 297 g/mol. The van der Waals surface area contributed by atoms with Crippen LogP contribution in [0.4, 0.5) is 4.79 Å². The third kappa shape index (κ3) is 4.10. The molecular formula is C16H31N3O2. The Hall–Kier alpha value is -0.810. The summed E-state index contributed by atoms with van der Waals surface area (Å²) in [5, 5.41) is 3.42. The number of ether oxygens (including phenoxy) is 1. The van der Waals surface area contributed by atoms with Crippen LogP contribution in [0.2, 0.25) is 0 Å². The van der Waals surface area contributed by atoms with E-state index < -0.39 is 5.60 Å². The first-order valence-electron chi connectivity index (χ1n) is 8.30. The number of carbonyl (C=O) groups is 1. The third-order valence-electron chi connectivity index (χ3n) is 4.79. The smallest absolute Gasteiger partial charge is 0.410 e. The molecule has 2 aliphatic heterocycles. The highest BCUT2D eigenvalue weighted by Crippen LogP contribution is 2.32. The molecule has 0 radical (unpaired) electrons. The predicted molar refractivity (Wildman–Crippen MR) is 84.5 cm³/mol. The van der Waals surface area contributed by atoms with Gasteiger partial charge in [0.15, 0.2) is 0 Å². The highest BCUT2D eigenvalue weighted by Gasteiger charge is 2.40. The second-order valence-electron chi connectivity index (χ2n) is 7.28. The maximum atomic E-state index is 12.2. The Morgan fingerprint density at radius 1 is 1.14 bits per heavy atom. The van der Waals surface area contributed by atoms with Crippen molar-refractivity contribution < 1.29 is 9.53 Å². The molecule has 0 aromatic rings. The van der Waals surface area contributed by atoms with Gasteiger partial charge in [-0.25, -0.2) is 4.79 Å². The molecular weight excluding hydrogens is 266 g/mol. The van der Waals surface area contributed by atoms with Crippen LogP contribution in [0, 0.1) is 0 Å². The zero-order valence-electron chi connectivity index (χ0n) is 14.1. The molecule has 5 heteroatoms. The number of rotatable bonds is 2. The molecule has 2 heterocycles. The van der Waals surface area contributed by atoms with Crippen molar-refractivity contribution in [3.05, 3.63) is 0 Å². The van der Waals surface area contributed by atoms with Gasteiger partial charge in [0, 0.05) is 44.8 Å². The third-order valence-corrected chi connectivity index (χ3v) is 4.79. The van der Waals surface area contributed by atoms with E-state index in [1.807, 2.05) is 25.7 Å². The Morgan fingerprint density at radius 3 is 2.19 bits per heavy atom. The normalized spacial score (nSPS) is 23.9. The largest absolute Gasteiger partial charge is 0.444 e. The highest BCUT2D eigenvalue weighted by molar-refractivity contribution is 5.68. The van der Waals surface area contributed by atoms with Crippen molar-refractivity contribution in [1.82, 2.24) is 15.1 Å². The van der Waals surface area contributed by atoms with Gasteiger partial charge in [0.25, 0.3) is 0 Å². The molecule has 0 spiro atoms. The van der Waals surface area contributed by atoms with Crippen molar-refractivity contribution in [2.75, 3.05) is 39.3 Å². The Kier molecular flexibility index (Phi) is 5.15. The number of carbonyl (C=O) groups excluding carboxylic acids is 1. The zero-order chi connectivity index (χ0) is 15.5. The van der Waals surface area contributed by atoms with E-state index in [1.54, 1.807) is 0 Å². The van der Waals surface area contributed by atoms with Crippen LogP contribution in [0.25, 0.3) is 0 Å². The first kappa shape index (κ1) is 16.6. The van der Waals surface area contributed by atoms with Gasteiger partial charge in [-0.3, -0.25) is 4.90 Å². The Labute approximate surface area is 129 Å². The second kappa shape index (κ2) is 6.53. The SMILES string of the molecule is CCC1(N2CCNCC2)CCN(C(=O)OC(C)(C)C)CC1. The summed E-state index contributed by atoms with van der Waals surface area (Å²) in [7, 11) is 0. The minimum atomic E-state index is -0.408. The van der Waals surface area contributed by atoms with Crippen LogP contribution >= 0.6 is 0 Å². The van der Waals surface area contributed by atoms with Crippen LogP contribution < -0.4 is 5.32 Å². The van der Waals surface area contributed by atoms with Crippen molar-refractivity contribution in [3.63, 3.8) is 0 Å². The minimum Gasteiger partial charge on any atom is -0.444 e. The van der Waals surface area contributed by atoms with Gasteiger partial charge in [0.1, 0.15) is 5.60 Å². The molecule has 1 N–H and O–H groups in total. The summed E-state index contributed by atoms with van der Waals surface area (Å²) >= 11 is 0. The molecule has 0 saturated carbocycles. The predicted octanol–water partition coefficient (Wildman–Crippen LogP) is 2.07. The molecule has 122 valence electrons. The summed E-state index contributed by atoms with van der Waals surface area (Å²) in [5.74, 6) is 0. The lowest BCUT2D eigenvalue weighted by atomic mass is 9.83. The molecule has 0 aromatic carbocycles. The number of nitrogens with zero attached hydrogens (tertiary/aromatic N) is 2. The lowest BCUT2D eigenvalue weighted by Crippen LogP contribution is -2.60. The van der Waals surface area contributed by atoms with Crippen molar-refractivity contribution in [3.8, 4) is 0 Å². The number of hydrogen-bond acceptors (Lipinski definition) is 4. The van der Waals surface area contributed by atoms with Crippen molar-refractivity contribution in [2.24, 2.45) is 0 Å². The van der Waals surface area contributed by atoms with Gasteiger partial charge in [-0.2, -0.15) is 0 Å². The van der Waals surface area contributed by atoms with Gasteiger partial charge in [-0.1, -0.05) is 6.92 Å². The van der Waals surface area contributed by atoms with Crippen LogP contribution in [0.5, 0.6) is 0 Å². The van der Waals surface area contributed by atoms with E-state index in [1.165, 1.54) is 0 Å². The first-order chi connectivity index (χ1) is 9.86. The number of hydrogen-bond donors (Lipinski definition) is 1. The molecule has 0 bridgehead atoms. The average Bonchev–Trinajstić information content (AvgIpc) is 2.46. The monoisotopic (exact) mass is 297 g/mol. The van der Waals surface area contributed by atoms with Gasteiger partial charge >= 0.3 is 6.09 Å². The summed E-state index contributed by atoms with van der Waals surface area (Å²) in [6, 6.07) is 0. The molecule has 2 aliphatic rings. The van der Waals surface area contributed by atoms with Gasteiger partial charge in [0.2, 0.25) is 0 Å². The zero-order valence-corrected chi connectivity index (χ0v) is 14.1. The molecule has 0 atom stereocenters.